The topological polar surface area (TPSA) is 15.3 Å². The molecule has 0 spiro atoms. The van der Waals surface area contributed by atoms with E-state index in [1.165, 1.54) is 6.42 Å². The van der Waals surface area contributed by atoms with Crippen LogP contribution in [0.15, 0.2) is 18.2 Å². The number of benzene rings is 1. The Labute approximate surface area is 117 Å². The van der Waals surface area contributed by atoms with E-state index in [2.05, 4.69) is 45.0 Å². The molecule has 0 radical (unpaired) electrons. The number of halogens is 1. The maximum absolute atomic E-state index is 13.4. The van der Waals surface area contributed by atoms with E-state index < -0.39 is 0 Å². The predicted molar refractivity (Wildman–Crippen MR) is 81.2 cm³/mol. The highest BCUT2D eigenvalue weighted by Crippen LogP contribution is 2.21. The molecule has 1 rings (SSSR count). The van der Waals surface area contributed by atoms with Gasteiger partial charge in [0, 0.05) is 31.4 Å². The summed E-state index contributed by atoms with van der Waals surface area (Å²) in [4.78, 5) is 2.21. The van der Waals surface area contributed by atoms with Crippen LogP contribution in [0.4, 0.5) is 10.1 Å². The minimum absolute atomic E-state index is 0.0333. The van der Waals surface area contributed by atoms with Crippen molar-refractivity contribution in [1.29, 1.82) is 0 Å². The molecule has 108 valence electrons. The Hall–Kier alpha value is -1.09. The Morgan fingerprint density at radius 2 is 1.95 bits per heavy atom. The molecule has 0 amide bonds. The van der Waals surface area contributed by atoms with Crippen molar-refractivity contribution in [3.63, 3.8) is 0 Å². The highest BCUT2D eigenvalue weighted by molar-refractivity contribution is 5.53. The zero-order chi connectivity index (χ0) is 14.5. The van der Waals surface area contributed by atoms with Gasteiger partial charge in [0.05, 0.1) is 0 Å². The molecule has 0 heterocycles. The van der Waals surface area contributed by atoms with Crippen molar-refractivity contribution >= 4 is 5.69 Å². The second-order valence-corrected chi connectivity index (χ2v) is 6.15. The van der Waals surface area contributed by atoms with Crippen molar-refractivity contribution < 1.29 is 4.39 Å². The molecule has 0 unspecified atom stereocenters. The Bertz CT molecular complexity index is 396. The Morgan fingerprint density at radius 1 is 1.26 bits per heavy atom. The average Bonchev–Trinajstić information content (AvgIpc) is 2.32. The standard InChI is InChI=1S/C16H27FN2/c1-6-7-10-19(5)15-9-8-14(17)11-13(15)12-18-16(2,3)4/h8-9,11,18H,6-7,10,12H2,1-5H3. The third kappa shape index (κ3) is 5.60. The van der Waals surface area contributed by atoms with E-state index >= 15 is 0 Å². The summed E-state index contributed by atoms with van der Waals surface area (Å²) in [5, 5.41) is 3.42. The molecular weight excluding hydrogens is 239 g/mol. The van der Waals surface area contributed by atoms with Crippen LogP contribution in [0.5, 0.6) is 0 Å². The fraction of sp³-hybridized carbons (Fsp3) is 0.625. The third-order valence-electron chi connectivity index (χ3n) is 3.11. The monoisotopic (exact) mass is 266 g/mol. The van der Waals surface area contributed by atoms with Gasteiger partial charge in [-0.3, -0.25) is 0 Å². The van der Waals surface area contributed by atoms with Gasteiger partial charge in [-0.15, -0.1) is 0 Å². The SMILES string of the molecule is CCCCN(C)c1ccc(F)cc1CNC(C)(C)C. The molecule has 0 aliphatic heterocycles. The van der Waals surface area contributed by atoms with Crippen LogP contribution in [-0.2, 0) is 6.54 Å². The smallest absolute Gasteiger partial charge is 0.123 e. The van der Waals surface area contributed by atoms with Crippen LogP contribution in [-0.4, -0.2) is 19.1 Å². The molecule has 19 heavy (non-hydrogen) atoms. The fourth-order valence-corrected chi connectivity index (χ4v) is 1.94. The number of anilines is 1. The van der Waals surface area contributed by atoms with Crippen molar-refractivity contribution in [3.05, 3.63) is 29.6 Å². The van der Waals surface area contributed by atoms with Gasteiger partial charge in [-0.25, -0.2) is 4.39 Å². The summed E-state index contributed by atoms with van der Waals surface area (Å²) in [6, 6.07) is 5.06. The first-order valence-corrected chi connectivity index (χ1v) is 7.08. The fourth-order valence-electron chi connectivity index (χ4n) is 1.94. The van der Waals surface area contributed by atoms with Crippen LogP contribution in [0.3, 0.4) is 0 Å². The molecule has 0 aromatic heterocycles. The largest absolute Gasteiger partial charge is 0.374 e. The summed E-state index contributed by atoms with van der Waals surface area (Å²) >= 11 is 0. The third-order valence-corrected chi connectivity index (χ3v) is 3.11. The van der Waals surface area contributed by atoms with E-state index in [0.29, 0.717) is 6.54 Å². The van der Waals surface area contributed by atoms with Crippen LogP contribution in [0.1, 0.15) is 46.1 Å². The highest BCUT2D eigenvalue weighted by atomic mass is 19.1. The molecule has 1 aromatic rings. The van der Waals surface area contributed by atoms with E-state index in [9.17, 15) is 4.39 Å². The summed E-state index contributed by atoms with van der Waals surface area (Å²) in [6.45, 7) is 10.2. The lowest BCUT2D eigenvalue weighted by atomic mass is 10.1. The summed E-state index contributed by atoms with van der Waals surface area (Å²) < 4.78 is 13.4. The summed E-state index contributed by atoms with van der Waals surface area (Å²) in [6.07, 6.45) is 2.32. The molecule has 0 aliphatic rings. The minimum Gasteiger partial charge on any atom is -0.374 e. The number of nitrogens with zero attached hydrogens (tertiary/aromatic N) is 1. The zero-order valence-electron chi connectivity index (χ0n) is 12.9. The summed E-state index contributed by atoms with van der Waals surface area (Å²) in [7, 11) is 2.07. The van der Waals surface area contributed by atoms with Crippen molar-refractivity contribution in [2.45, 2.75) is 52.6 Å². The van der Waals surface area contributed by atoms with Crippen LogP contribution < -0.4 is 10.2 Å². The van der Waals surface area contributed by atoms with Gasteiger partial charge >= 0.3 is 0 Å². The second kappa shape index (κ2) is 6.90. The summed E-state index contributed by atoms with van der Waals surface area (Å²) in [5.74, 6) is -0.168. The number of nitrogens with one attached hydrogen (secondary N) is 1. The van der Waals surface area contributed by atoms with Gasteiger partial charge in [-0.2, -0.15) is 0 Å². The molecule has 0 atom stereocenters. The molecule has 1 N–H and O–H groups in total. The average molecular weight is 266 g/mol. The summed E-state index contributed by atoms with van der Waals surface area (Å²) in [5.41, 5.74) is 2.17. The number of rotatable bonds is 6. The molecule has 0 saturated heterocycles. The Balaban J connectivity index is 2.85. The molecule has 0 saturated carbocycles. The first-order chi connectivity index (χ1) is 8.83. The van der Waals surface area contributed by atoms with Crippen LogP contribution in [0.25, 0.3) is 0 Å². The molecule has 1 aromatic carbocycles. The number of hydrogen-bond acceptors (Lipinski definition) is 2. The molecule has 0 bridgehead atoms. The molecule has 2 nitrogen and oxygen atoms in total. The van der Waals surface area contributed by atoms with Crippen LogP contribution >= 0.6 is 0 Å². The quantitative estimate of drug-likeness (QED) is 0.838. The van der Waals surface area contributed by atoms with E-state index in [1.54, 1.807) is 12.1 Å². The van der Waals surface area contributed by atoms with Crippen molar-refractivity contribution in [2.24, 2.45) is 0 Å². The lowest BCUT2D eigenvalue weighted by Gasteiger charge is -2.25. The molecule has 3 heteroatoms. The normalized spacial score (nSPS) is 11.7. The van der Waals surface area contributed by atoms with Gasteiger partial charge in [0.1, 0.15) is 5.82 Å². The molecule has 0 aliphatic carbocycles. The van der Waals surface area contributed by atoms with Gasteiger partial charge in [-0.1, -0.05) is 13.3 Å². The maximum atomic E-state index is 13.4. The van der Waals surface area contributed by atoms with Crippen LogP contribution in [0.2, 0.25) is 0 Å². The van der Waals surface area contributed by atoms with Crippen molar-refractivity contribution in [1.82, 2.24) is 5.32 Å². The Kier molecular flexibility index (Phi) is 5.80. The van der Waals surface area contributed by atoms with Gasteiger partial charge in [0.25, 0.3) is 0 Å². The van der Waals surface area contributed by atoms with Gasteiger partial charge < -0.3 is 10.2 Å². The van der Waals surface area contributed by atoms with Crippen molar-refractivity contribution in [2.75, 3.05) is 18.5 Å². The first kappa shape index (κ1) is 16.0. The maximum Gasteiger partial charge on any atom is 0.123 e. The zero-order valence-corrected chi connectivity index (χ0v) is 12.9. The van der Waals surface area contributed by atoms with Gasteiger partial charge in [0.15, 0.2) is 0 Å². The van der Waals surface area contributed by atoms with E-state index in [4.69, 9.17) is 0 Å². The van der Waals surface area contributed by atoms with Gasteiger partial charge in [0.2, 0.25) is 0 Å². The minimum atomic E-state index is -0.168. The number of hydrogen-bond donors (Lipinski definition) is 1. The molecular formula is C16H27FN2. The highest BCUT2D eigenvalue weighted by Gasteiger charge is 2.13. The second-order valence-electron chi connectivity index (χ2n) is 6.15. The Morgan fingerprint density at radius 3 is 2.53 bits per heavy atom. The van der Waals surface area contributed by atoms with Gasteiger partial charge in [-0.05, 0) is 51.0 Å². The lowest BCUT2D eigenvalue weighted by molar-refractivity contribution is 0.423. The number of unbranched alkanes of at least 4 members (excludes halogenated alkanes) is 1. The first-order valence-electron chi connectivity index (χ1n) is 7.08. The van der Waals surface area contributed by atoms with Crippen molar-refractivity contribution in [3.8, 4) is 0 Å². The predicted octanol–water partition coefficient (Wildman–Crippen LogP) is 3.95. The van der Waals surface area contributed by atoms with Crippen LogP contribution in [0, 0.1) is 5.82 Å². The van der Waals surface area contributed by atoms with E-state index in [1.807, 2.05) is 6.07 Å². The molecule has 0 fully saturated rings. The lowest BCUT2D eigenvalue weighted by Crippen LogP contribution is -2.35. The van der Waals surface area contributed by atoms with E-state index in [-0.39, 0.29) is 11.4 Å². The van der Waals surface area contributed by atoms with E-state index in [0.717, 1.165) is 24.2 Å².